The van der Waals surface area contributed by atoms with Gasteiger partial charge in [0, 0.05) is 22.0 Å². The van der Waals surface area contributed by atoms with E-state index in [4.69, 9.17) is 4.74 Å². The van der Waals surface area contributed by atoms with Crippen molar-refractivity contribution < 1.29 is 22.7 Å². The molecular weight excluding hydrogens is 468 g/mol. The largest absolute Gasteiger partial charge is 0.465 e. The molecule has 0 saturated carbocycles. The van der Waals surface area contributed by atoms with Crippen molar-refractivity contribution in [2.75, 3.05) is 12.9 Å². The van der Waals surface area contributed by atoms with Gasteiger partial charge in [-0.2, -0.15) is 4.99 Å². The first-order chi connectivity index (χ1) is 15.1. The Labute approximate surface area is 195 Å². The number of ether oxygens (including phenoxy) is 1. The quantitative estimate of drug-likeness (QED) is 0.367. The van der Waals surface area contributed by atoms with E-state index in [0.29, 0.717) is 25.8 Å². The number of amides is 1. The second-order valence-corrected chi connectivity index (χ2v) is 12.0. The van der Waals surface area contributed by atoms with Crippen LogP contribution in [0.5, 0.6) is 0 Å². The number of sulfone groups is 1. The summed E-state index contributed by atoms with van der Waals surface area (Å²) in [5, 5.41) is 0.429. The number of aromatic nitrogens is 1. The Morgan fingerprint density at radius 1 is 1.16 bits per heavy atom. The predicted molar refractivity (Wildman–Crippen MR) is 127 cm³/mol. The molecule has 10 heteroatoms. The van der Waals surface area contributed by atoms with Gasteiger partial charge in [-0.25, -0.2) is 8.42 Å². The van der Waals surface area contributed by atoms with Gasteiger partial charge >= 0.3 is 5.97 Å². The molecule has 0 radical (unpaired) electrons. The first-order valence-corrected chi connectivity index (χ1v) is 13.5. The third kappa shape index (κ3) is 5.87. The van der Waals surface area contributed by atoms with Crippen LogP contribution in [0.4, 0.5) is 0 Å². The first kappa shape index (κ1) is 24.2. The number of carbonyl (C=O) groups is 2. The van der Waals surface area contributed by atoms with Crippen LogP contribution in [0.25, 0.3) is 10.2 Å². The molecule has 0 bridgehead atoms. The summed E-state index contributed by atoms with van der Waals surface area (Å²) in [6.45, 7) is 5.99. The predicted octanol–water partition coefficient (Wildman–Crippen LogP) is 3.91. The highest BCUT2D eigenvalue weighted by atomic mass is 32.2. The molecule has 0 N–H and O–H groups in total. The normalized spacial score (nSPS) is 12.5. The Kier molecular flexibility index (Phi) is 7.58. The van der Waals surface area contributed by atoms with Crippen LogP contribution in [0.1, 0.15) is 31.1 Å². The molecule has 0 atom stereocenters. The van der Waals surface area contributed by atoms with Crippen LogP contribution < -0.4 is 4.80 Å². The van der Waals surface area contributed by atoms with E-state index in [-0.39, 0.29) is 18.0 Å². The van der Waals surface area contributed by atoms with Gasteiger partial charge in [-0.15, -0.1) is 11.8 Å². The topological polar surface area (TPSA) is 94.8 Å². The van der Waals surface area contributed by atoms with Crippen LogP contribution >= 0.6 is 23.1 Å². The van der Waals surface area contributed by atoms with E-state index in [0.717, 1.165) is 22.5 Å². The minimum atomic E-state index is -3.40. The average Bonchev–Trinajstić information content (AvgIpc) is 3.03. The fraction of sp³-hybridized carbons (Fsp3) is 0.318. The molecule has 0 aliphatic heterocycles. The fourth-order valence-electron chi connectivity index (χ4n) is 2.96. The van der Waals surface area contributed by atoms with Gasteiger partial charge in [0.25, 0.3) is 5.91 Å². The molecule has 0 saturated heterocycles. The molecular formula is C22H24N2O5S3. The van der Waals surface area contributed by atoms with E-state index in [9.17, 15) is 18.0 Å². The average molecular weight is 493 g/mol. The zero-order valence-corrected chi connectivity index (χ0v) is 20.6. The van der Waals surface area contributed by atoms with Crippen LogP contribution in [-0.2, 0) is 25.9 Å². The standard InChI is InChI=1S/C22H24N2O5S3/c1-5-29-20(25)13-24-18-11-10-17(32(4,27)28)12-19(18)31-22(24)23-21(26)15-6-8-16(9-7-15)30-14(2)3/h6-12,14H,5,13H2,1-4H3. The van der Waals surface area contributed by atoms with Crippen molar-refractivity contribution in [3.63, 3.8) is 0 Å². The summed E-state index contributed by atoms with van der Waals surface area (Å²) < 4.78 is 31.1. The van der Waals surface area contributed by atoms with Crippen molar-refractivity contribution in [3.05, 3.63) is 52.8 Å². The molecule has 0 aliphatic carbocycles. The third-order valence-electron chi connectivity index (χ3n) is 4.35. The molecule has 1 heterocycles. The van der Waals surface area contributed by atoms with Gasteiger partial charge in [0.2, 0.25) is 0 Å². The number of thioether (sulfide) groups is 1. The second kappa shape index (κ2) is 10.0. The molecule has 0 fully saturated rings. The van der Waals surface area contributed by atoms with Crippen LogP contribution in [0.2, 0.25) is 0 Å². The van der Waals surface area contributed by atoms with E-state index in [1.807, 2.05) is 12.1 Å². The molecule has 0 unspecified atom stereocenters. The number of rotatable bonds is 7. The zero-order chi connectivity index (χ0) is 23.5. The number of carbonyl (C=O) groups excluding carboxylic acids is 2. The lowest BCUT2D eigenvalue weighted by molar-refractivity contribution is -0.143. The highest BCUT2D eigenvalue weighted by Crippen LogP contribution is 2.24. The molecule has 0 aliphatic rings. The SMILES string of the molecule is CCOC(=O)Cn1c(=NC(=O)c2ccc(SC(C)C)cc2)sc2cc(S(C)(=O)=O)ccc21. The second-order valence-electron chi connectivity index (χ2n) is 7.29. The van der Waals surface area contributed by atoms with E-state index >= 15 is 0 Å². The van der Waals surface area contributed by atoms with Crippen molar-refractivity contribution in [1.82, 2.24) is 4.57 Å². The first-order valence-electron chi connectivity index (χ1n) is 9.93. The maximum Gasteiger partial charge on any atom is 0.326 e. The van der Waals surface area contributed by atoms with Gasteiger partial charge in [-0.1, -0.05) is 25.2 Å². The van der Waals surface area contributed by atoms with Crippen molar-refractivity contribution in [2.24, 2.45) is 4.99 Å². The van der Waals surface area contributed by atoms with Crippen LogP contribution in [0.15, 0.2) is 57.2 Å². The number of nitrogens with zero attached hydrogens (tertiary/aromatic N) is 2. The number of fused-ring (bicyclic) bond motifs is 1. The molecule has 0 spiro atoms. The maximum atomic E-state index is 12.8. The summed E-state index contributed by atoms with van der Waals surface area (Å²) in [6.07, 6.45) is 1.13. The van der Waals surface area contributed by atoms with Crippen molar-refractivity contribution in [2.45, 2.75) is 42.4 Å². The molecule has 32 heavy (non-hydrogen) atoms. The fourth-order valence-corrected chi connectivity index (χ4v) is 5.58. The van der Waals surface area contributed by atoms with Gasteiger partial charge in [0.1, 0.15) is 6.54 Å². The van der Waals surface area contributed by atoms with Gasteiger partial charge in [0.05, 0.1) is 21.7 Å². The van der Waals surface area contributed by atoms with Gasteiger partial charge in [-0.05, 0) is 49.4 Å². The number of benzene rings is 2. The summed E-state index contributed by atoms with van der Waals surface area (Å²) in [4.78, 5) is 30.7. The lowest BCUT2D eigenvalue weighted by atomic mass is 10.2. The number of esters is 1. The summed E-state index contributed by atoms with van der Waals surface area (Å²) in [6, 6.07) is 11.8. The maximum absolute atomic E-state index is 12.8. The summed E-state index contributed by atoms with van der Waals surface area (Å²) >= 11 is 2.85. The van der Waals surface area contributed by atoms with Gasteiger partial charge in [0.15, 0.2) is 14.6 Å². The molecule has 1 aromatic heterocycles. The molecule has 2 aromatic carbocycles. The Hall–Kier alpha value is -2.43. The molecule has 3 rings (SSSR count). The van der Waals surface area contributed by atoms with E-state index in [2.05, 4.69) is 18.8 Å². The Morgan fingerprint density at radius 2 is 1.84 bits per heavy atom. The smallest absolute Gasteiger partial charge is 0.326 e. The summed E-state index contributed by atoms with van der Waals surface area (Å²) in [5.41, 5.74) is 1.03. The van der Waals surface area contributed by atoms with Crippen LogP contribution in [0.3, 0.4) is 0 Å². The van der Waals surface area contributed by atoms with Gasteiger partial charge < -0.3 is 9.30 Å². The number of thiazole rings is 1. The zero-order valence-electron chi connectivity index (χ0n) is 18.2. The Bertz CT molecular complexity index is 1320. The minimum absolute atomic E-state index is 0.137. The highest BCUT2D eigenvalue weighted by Gasteiger charge is 2.16. The lowest BCUT2D eigenvalue weighted by Crippen LogP contribution is -2.23. The van der Waals surface area contributed by atoms with Gasteiger partial charge in [-0.3, -0.25) is 9.59 Å². The van der Waals surface area contributed by atoms with Crippen molar-refractivity contribution >= 4 is 55.0 Å². The highest BCUT2D eigenvalue weighted by molar-refractivity contribution is 7.99. The van der Waals surface area contributed by atoms with E-state index < -0.39 is 21.7 Å². The summed E-state index contributed by atoms with van der Waals surface area (Å²) in [7, 11) is -3.40. The molecule has 170 valence electrons. The number of hydrogen-bond donors (Lipinski definition) is 0. The van der Waals surface area contributed by atoms with Crippen molar-refractivity contribution in [3.8, 4) is 0 Å². The number of hydrogen-bond acceptors (Lipinski definition) is 7. The molecule has 3 aromatic rings. The Morgan fingerprint density at radius 3 is 2.44 bits per heavy atom. The summed E-state index contributed by atoms with van der Waals surface area (Å²) in [5.74, 6) is -0.915. The van der Waals surface area contributed by atoms with E-state index in [1.165, 1.54) is 12.1 Å². The lowest BCUT2D eigenvalue weighted by Gasteiger charge is -2.06. The van der Waals surface area contributed by atoms with Crippen molar-refractivity contribution in [1.29, 1.82) is 0 Å². The Balaban J connectivity index is 2.07. The third-order valence-corrected chi connectivity index (χ3v) is 7.51. The van der Waals surface area contributed by atoms with Crippen LogP contribution in [-0.4, -0.2) is 43.0 Å². The van der Waals surface area contributed by atoms with Crippen LogP contribution in [0, 0.1) is 0 Å². The van der Waals surface area contributed by atoms with E-state index in [1.54, 1.807) is 41.5 Å². The minimum Gasteiger partial charge on any atom is -0.465 e. The monoisotopic (exact) mass is 492 g/mol. The molecule has 7 nitrogen and oxygen atoms in total. The molecule has 1 amide bonds.